The molecule has 3 aromatic rings. The lowest BCUT2D eigenvalue weighted by Crippen LogP contribution is -2.12. The van der Waals surface area contributed by atoms with Crippen LogP contribution in [0.4, 0.5) is 0 Å². The van der Waals surface area contributed by atoms with Crippen molar-refractivity contribution in [1.29, 1.82) is 0 Å². The summed E-state index contributed by atoms with van der Waals surface area (Å²) in [6.07, 6.45) is 0. The average molecular weight is 471 g/mol. The highest BCUT2D eigenvalue weighted by atomic mass is 32.2. The van der Waals surface area contributed by atoms with Gasteiger partial charge in [0, 0.05) is 22.8 Å². The third-order valence-electron chi connectivity index (χ3n) is 3.85. The van der Waals surface area contributed by atoms with Gasteiger partial charge in [0.15, 0.2) is 10.3 Å². The summed E-state index contributed by atoms with van der Waals surface area (Å²) in [4.78, 5) is 41.3. The van der Waals surface area contributed by atoms with E-state index < -0.39 is 11.9 Å². The summed E-state index contributed by atoms with van der Waals surface area (Å²) < 4.78 is 10.6. The molecule has 0 aliphatic heterocycles. The number of hydrogen-bond acceptors (Lipinski definition) is 10. The molecule has 0 fully saturated rings. The Balaban J connectivity index is 1.45. The van der Waals surface area contributed by atoms with Gasteiger partial charge in [-0.05, 0) is 64.1 Å². The summed E-state index contributed by atoms with van der Waals surface area (Å²) in [5.74, 6) is 0.0264. The Labute approximate surface area is 194 Å². The molecule has 0 bridgehead atoms. The molecule has 3 rings (SSSR count). The zero-order valence-corrected chi connectivity index (χ0v) is 19.7. The van der Waals surface area contributed by atoms with E-state index in [4.69, 9.17) is 9.47 Å². The predicted molar refractivity (Wildman–Crippen MR) is 122 cm³/mol. The van der Waals surface area contributed by atoms with Crippen LogP contribution in [0.5, 0.6) is 11.5 Å². The molecular formula is C22H22N4O4S2. The highest BCUT2D eigenvalue weighted by Crippen LogP contribution is 2.21. The molecule has 2 aromatic heterocycles. The molecule has 0 saturated carbocycles. The maximum atomic E-state index is 12.1. The Hall–Kier alpha value is -2.98. The summed E-state index contributed by atoms with van der Waals surface area (Å²) in [5, 5.41) is 1.07. The number of rotatable bonds is 8. The molecule has 1 aromatic carbocycles. The monoisotopic (exact) mass is 470 g/mol. The molecule has 2 heterocycles. The van der Waals surface area contributed by atoms with Crippen molar-refractivity contribution in [2.45, 2.75) is 38.0 Å². The second-order valence-electron chi connectivity index (χ2n) is 6.86. The Morgan fingerprint density at radius 1 is 0.656 bits per heavy atom. The molecule has 0 unspecified atom stereocenters. The number of ether oxygens (including phenoxy) is 2. The largest absolute Gasteiger partial charge is 0.426 e. The third-order valence-corrected chi connectivity index (χ3v) is 5.49. The number of benzene rings is 1. The lowest BCUT2D eigenvalue weighted by atomic mass is 10.3. The highest BCUT2D eigenvalue weighted by molar-refractivity contribution is 8.00. The lowest BCUT2D eigenvalue weighted by Gasteiger charge is -2.07. The maximum Gasteiger partial charge on any atom is 0.321 e. The van der Waals surface area contributed by atoms with Crippen LogP contribution < -0.4 is 9.47 Å². The Bertz CT molecular complexity index is 994. The van der Waals surface area contributed by atoms with Crippen LogP contribution in [0, 0.1) is 27.7 Å². The van der Waals surface area contributed by atoms with Crippen LogP contribution in [-0.4, -0.2) is 43.4 Å². The molecule has 10 heteroatoms. The molecule has 166 valence electrons. The fourth-order valence-electron chi connectivity index (χ4n) is 2.66. The van der Waals surface area contributed by atoms with Crippen LogP contribution in [0.15, 0.2) is 46.7 Å². The van der Waals surface area contributed by atoms with Crippen LogP contribution in [0.3, 0.4) is 0 Å². The molecule has 0 saturated heterocycles. The van der Waals surface area contributed by atoms with Gasteiger partial charge in [-0.15, -0.1) is 0 Å². The average Bonchev–Trinajstić information content (AvgIpc) is 2.71. The topological polar surface area (TPSA) is 104 Å². The number of esters is 2. The molecule has 0 aliphatic carbocycles. The first-order valence-electron chi connectivity index (χ1n) is 9.68. The van der Waals surface area contributed by atoms with Crippen molar-refractivity contribution >= 4 is 35.5 Å². The summed E-state index contributed by atoms with van der Waals surface area (Å²) >= 11 is 2.43. The minimum atomic E-state index is -0.424. The van der Waals surface area contributed by atoms with Gasteiger partial charge in [0.05, 0.1) is 11.5 Å². The second kappa shape index (κ2) is 11.1. The number of carbonyl (C=O) groups excluding carboxylic acids is 2. The van der Waals surface area contributed by atoms with E-state index in [1.165, 1.54) is 23.5 Å². The molecule has 32 heavy (non-hydrogen) atoms. The standard InChI is InChI=1S/C22H22N4O4S2/c1-13-9-14(2)24-21(23-13)31-11-19(27)29-17-5-7-18(8-6-17)30-20(28)12-32-22-25-15(3)10-16(4)26-22/h5-10H,11-12H2,1-4H3. The highest BCUT2D eigenvalue weighted by Gasteiger charge is 2.11. The fraction of sp³-hybridized carbons (Fsp3) is 0.273. The zero-order chi connectivity index (χ0) is 23.1. The van der Waals surface area contributed by atoms with Crippen LogP contribution in [0.2, 0.25) is 0 Å². The molecule has 0 amide bonds. The number of carbonyl (C=O) groups is 2. The van der Waals surface area contributed by atoms with Crippen molar-refractivity contribution in [3.05, 3.63) is 59.2 Å². The van der Waals surface area contributed by atoms with Gasteiger partial charge in [0.1, 0.15) is 11.5 Å². The predicted octanol–water partition coefficient (Wildman–Crippen LogP) is 3.90. The normalized spacial score (nSPS) is 10.6. The van der Waals surface area contributed by atoms with Gasteiger partial charge >= 0.3 is 11.9 Å². The second-order valence-corrected chi connectivity index (χ2v) is 8.75. The maximum absolute atomic E-state index is 12.1. The number of thioether (sulfide) groups is 2. The van der Waals surface area contributed by atoms with Crippen molar-refractivity contribution in [2.24, 2.45) is 0 Å². The van der Waals surface area contributed by atoms with Crippen molar-refractivity contribution in [3.63, 3.8) is 0 Å². The van der Waals surface area contributed by atoms with E-state index in [9.17, 15) is 9.59 Å². The first-order chi connectivity index (χ1) is 15.3. The van der Waals surface area contributed by atoms with E-state index >= 15 is 0 Å². The van der Waals surface area contributed by atoms with Crippen molar-refractivity contribution in [2.75, 3.05) is 11.5 Å². The van der Waals surface area contributed by atoms with Crippen molar-refractivity contribution < 1.29 is 19.1 Å². The third kappa shape index (κ3) is 7.61. The van der Waals surface area contributed by atoms with Gasteiger partial charge < -0.3 is 9.47 Å². The van der Waals surface area contributed by atoms with Crippen molar-refractivity contribution in [1.82, 2.24) is 19.9 Å². The van der Waals surface area contributed by atoms with E-state index in [2.05, 4.69) is 19.9 Å². The molecule has 0 atom stereocenters. The quantitative estimate of drug-likeness (QED) is 0.208. The Morgan fingerprint density at radius 3 is 1.28 bits per heavy atom. The van der Waals surface area contributed by atoms with E-state index in [0.717, 1.165) is 22.8 Å². The van der Waals surface area contributed by atoms with E-state index in [-0.39, 0.29) is 11.5 Å². The minimum absolute atomic E-state index is 0.0807. The van der Waals surface area contributed by atoms with Crippen LogP contribution in [0.1, 0.15) is 22.8 Å². The lowest BCUT2D eigenvalue weighted by molar-refractivity contribution is -0.132. The van der Waals surface area contributed by atoms with Crippen LogP contribution in [0.25, 0.3) is 0 Å². The smallest absolute Gasteiger partial charge is 0.321 e. The molecule has 0 N–H and O–H groups in total. The first-order valence-corrected chi connectivity index (χ1v) is 11.7. The number of hydrogen-bond donors (Lipinski definition) is 0. The minimum Gasteiger partial charge on any atom is -0.426 e. The SMILES string of the molecule is Cc1cc(C)nc(SCC(=O)Oc2ccc(OC(=O)CSc3nc(C)cc(C)n3)cc2)n1. The van der Waals surface area contributed by atoms with Gasteiger partial charge in [-0.3, -0.25) is 9.59 Å². The number of aryl methyl sites for hydroxylation is 4. The molecule has 8 nitrogen and oxygen atoms in total. The zero-order valence-electron chi connectivity index (χ0n) is 18.1. The van der Waals surface area contributed by atoms with Crippen molar-refractivity contribution in [3.8, 4) is 11.5 Å². The number of aromatic nitrogens is 4. The molecule has 0 radical (unpaired) electrons. The summed E-state index contributed by atoms with van der Waals surface area (Å²) in [6.45, 7) is 7.51. The summed E-state index contributed by atoms with van der Waals surface area (Å²) in [5.41, 5.74) is 3.38. The van der Waals surface area contributed by atoms with Gasteiger partial charge in [0.2, 0.25) is 0 Å². The van der Waals surface area contributed by atoms with Crippen LogP contribution in [-0.2, 0) is 9.59 Å². The Kier molecular flexibility index (Phi) is 8.18. The Morgan fingerprint density at radius 2 is 0.969 bits per heavy atom. The van der Waals surface area contributed by atoms with Gasteiger partial charge in [-0.1, -0.05) is 23.5 Å². The van der Waals surface area contributed by atoms with Gasteiger partial charge in [-0.2, -0.15) is 0 Å². The van der Waals surface area contributed by atoms with E-state index in [1.54, 1.807) is 24.3 Å². The fourth-order valence-corrected chi connectivity index (χ4v) is 4.11. The van der Waals surface area contributed by atoms with E-state index in [1.807, 2.05) is 39.8 Å². The molecule has 0 spiro atoms. The number of nitrogens with zero attached hydrogens (tertiary/aromatic N) is 4. The first kappa shape index (κ1) is 23.7. The summed E-state index contributed by atoms with van der Waals surface area (Å²) in [6, 6.07) is 10.0. The molecular weight excluding hydrogens is 448 g/mol. The van der Waals surface area contributed by atoms with E-state index in [0.29, 0.717) is 21.8 Å². The molecule has 0 aliphatic rings. The van der Waals surface area contributed by atoms with Gasteiger partial charge in [0.25, 0.3) is 0 Å². The van der Waals surface area contributed by atoms with Crippen LogP contribution >= 0.6 is 23.5 Å². The van der Waals surface area contributed by atoms with Gasteiger partial charge in [-0.25, -0.2) is 19.9 Å². The summed E-state index contributed by atoms with van der Waals surface area (Å²) in [7, 11) is 0.